The van der Waals surface area contributed by atoms with Gasteiger partial charge in [-0.15, -0.1) is 11.8 Å². The number of halogens is 1. The molecule has 1 aromatic carbocycles. The number of carbonyl (C=O) groups is 1. The molecule has 21 heavy (non-hydrogen) atoms. The molecule has 0 heterocycles. The van der Waals surface area contributed by atoms with Crippen molar-refractivity contribution < 1.29 is 9.18 Å². The fourth-order valence-electron chi connectivity index (χ4n) is 2.81. The largest absolute Gasteiger partial charge is 0.354 e. The lowest BCUT2D eigenvalue weighted by Crippen LogP contribution is -2.51. The first kappa shape index (κ1) is 16.3. The normalized spacial score (nSPS) is 17.1. The Morgan fingerprint density at radius 3 is 2.48 bits per heavy atom. The van der Waals surface area contributed by atoms with Crippen LogP contribution in [-0.2, 0) is 4.79 Å². The van der Waals surface area contributed by atoms with Crippen LogP contribution in [0.4, 0.5) is 4.39 Å². The van der Waals surface area contributed by atoms with Crippen molar-refractivity contribution in [2.75, 3.05) is 26.4 Å². The highest BCUT2D eigenvalue weighted by Gasteiger charge is 2.35. The van der Waals surface area contributed by atoms with Gasteiger partial charge in [0.15, 0.2) is 0 Å². The van der Waals surface area contributed by atoms with E-state index in [1.165, 1.54) is 36.7 Å². The maximum Gasteiger partial charge on any atom is 0.230 e. The topological polar surface area (TPSA) is 32.3 Å². The molecule has 5 heteroatoms. The van der Waals surface area contributed by atoms with Crippen molar-refractivity contribution in [2.45, 2.75) is 36.1 Å². The number of benzene rings is 1. The summed E-state index contributed by atoms with van der Waals surface area (Å²) in [5, 5.41) is 3.05. The van der Waals surface area contributed by atoms with E-state index in [4.69, 9.17) is 0 Å². The van der Waals surface area contributed by atoms with E-state index in [9.17, 15) is 9.18 Å². The summed E-state index contributed by atoms with van der Waals surface area (Å²) >= 11 is 1.43. The molecule has 0 atom stereocenters. The third kappa shape index (κ3) is 4.45. The Hall–Kier alpha value is -1.07. The van der Waals surface area contributed by atoms with Crippen molar-refractivity contribution in [3.8, 4) is 0 Å². The Morgan fingerprint density at radius 2 is 1.90 bits per heavy atom. The Morgan fingerprint density at radius 1 is 1.29 bits per heavy atom. The molecule has 1 amide bonds. The average molecular weight is 310 g/mol. The number of thioether (sulfide) groups is 1. The molecule has 0 spiro atoms. The van der Waals surface area contributed by atoms with Crippen LogP contribution >= 0.6 is 11.8 Å². The summed E-state index contributed by atoms with van der Waals surface area (Å²) in [7, 11) is 4.18. The molecule has 0 unspecified atom stereocenters. The van der Waals surface area contributed by atoms with E-state index in [2.05, 4.69) is 24.3 Å². The van der Waals surface area contributed by atoms with Crippen molar-refractivity contribution in [2.24, 2.45) is 0 Å². The highest BCUT2D eigenvalue weighted by Crippen LogP contribution is 2.33. The van der Waals surface area contributed by atoms with Gasteiger partial charge in [-0.2, -0.15) is 0 Å². The van der Waals surface area contributed by atoms with Crippen LogP contribution < -0.4 is 5.32 Å². The molecule has 1 N–H and O–H groups in total. The molecular weight excluding hydrogens is 287 g/mol. The molecule has 1 aromatic rings. The van der Waals surface area contributed by atoms with Crippen molar-refractivity contribution >= 4 is 17.7 Å². The van der Waals surface area contributed by atoms with Gasteiger partial charge in [-0.05, 0) is 51.2 Å². The third-order valence-corrected chi connectivity index (χ3v) is 5.29. The zero-order valence-electron chi connectivity index (χ0n) is 12.7. The van der Waals surface area contributed by atoms with Gasteiger partial charge in [-0.1, -0.05) is 12.8 Å². The van der Waals surface area contributed by atoms with E-state index in [1.54, 1.807) is 12.1 Å². The van der Waals surface area contributed by atoms with Crippen LogP contribution in [-0.4, -0.2) is 42.7 Å². The zero-order valence-corrected chi connectivity index (χ0v) is 13.5. The molecule has 0 aromatic heterocycles. The van der Waals surface area contributed by atoms with E-state index in [0.717, 1.165) is 17.7 Å². The Labute approximate surface area is 130 Å². The number of nitrogens with one attached hydrogen (secondary N) is 1. The summed E-state index contributed by atoms with van der Waals surface area (Å²) in [4.78, 5) is 15.1. The maximum absolute atomic E-state index is 12.8. The quantitative estimate of drug-likeness (QED) is 0.820. The lowest BCUT2D eigenvalue weighted by atomic mass is 9.96. The standard InChI is InChI=1S/C16H23FN2OS/c1-19(2)16(9-3-4-10-16)12-18-15(20)11-21-14-7-5-13(17)6-8-14/h5-8H,3-4,9-12H2,1-2H3,(H,18,20). The predicted octanol–water partition coefficient (Wildman–Crippen LogP) is 2.91. The summed E-state index contributed by atoms with van der Waals surface area (Å²) in [6.45, 7) is 0.711. The molecule has 0 bridgehead atoms. The molecule has 1 fully saturated rings. The third-order valence-electron chi connectivity index (χ3n) is 4.28. The number of amides is 1. The number of rotatable bonds is 6. The van der Waals surface area contributed by atoms with Gasteiger partial charge in [0.25, 0.3) is 0 Å². The first-order chi connectivity index (χ1) is 10.0. The first-order valence-corrected chi connectivity index (χ1v) is 8.33. The van der Waals surface area contributed by atoms with Crippen LogP contribution in [0.1, 0.15) is 25.7 Å². The Balaban J connectivity index is 1.78. The van der Waals surface area contributed by atoms with Crippen LogP contribution in [0.2, 0.25) is 0 Å². The number of carbonyl (C=O) groups excluding carboxylic acids is 1. The van der Waals surface area contributed by atoms with Gasteiger partial charge >= 0.3 is 0 Å². The molecule has 3 nitrogen and oxygen atoms in total. The summed E-state index contributed by atoms with van der Waals surface area (Å²) in [6.07, 6.45) is 4.76. The molecule has 1 aliphatic carbocycles. The van der Waals surface area contributed by atoms with Gasteiger partial charge in [0.05, 0.1) is 5.75 Å². The zero-order chi connectivity index (χ0) is 15.3. The minimum absolute atomic E-state index is 0.0393. The highest BCUT2D eigenvalue weighted by atomic mass is 32.2. The smallest absolute Gasteiger partial charge is 0.230 e. The van der Waals surface area contributed by atoms with Crippen LogP contribution in [0.25, 0.3) is 0 Å². The van der Waals surface area contributed by atoms with Gasteiger partial charge in [0.2, 0.25) is 5.91 Å². The summed E-state index contributed by atoms with van der Waals surface area (Å²) in [6, 6.07) is 6.23. The van der Waals surface area contributed by atoms with Crippen molar-refractivity contribution in [1.82, 2.24) is 10.2 Å². The molecule has 0 aliphatic heterocycles. The van der Waals surface area contributed by atoms with Crippen LogP contribution in [0.3, 0.4) is 0 Å². The summed E-state index contributed by atoms with van der Waals surface area (Å²) in [5.41, 5.74) is 0.121. The number of hydrogen-bond donors (Lipinski definition) is 1. The van der Waals surface area contributed by atoms with Gasteiger partial charge in [-0.3, -0.25) is 4.79 Å². The average Bonchev–Trinajstić information content (AvgIpc) is 2.95. The fraction of sp³-hybridized carbons (Fsp3) is 0.562. The molecule has 0 saturated heterocycles. The van der Waals surface area contributed by atoms with E-state index in [1.807, 2.05) is 0 Å². The number of likely N-dealkylation sites (N-methyl/N-ethyl adjacent to an activating group) is 1. The lowest BCUT2D eigenvalue weighted by Gasteiger charge is -2.36. The molecule has 1 saturated carbocycles. The van der Waals surface area contributed by atoms with Crippen LogP contribution in [0, 0.1) is 5.82 Å². The maximum atomic E-state index is 12.8. The predicted molar refractivity (Wildman–Crippen MR) is 85.0 cm³/mol. The highest BCUT2D eigenvalue weighted by molar-refractivity contribution is 8.00. The van der Waals surface area contributed by atoms with Crippen molar-refractivity contribution in [3.63, 3.8) is 0 Å². The minimum Gasteiger partial charge on any atom is -0.354 e. The number of hydrogen-bond acceptors (Lipinski definition) is 3. The fourth-order valence-corrected chi connectivity index (χ4v) is 3.54. The SMILES string of the molecule is CN(C)C1(CNC(=O)CSc2ccc(F)cc2)CCCC1. The summed E-state index contributed by atoms with van der Waals surface area (Å²) < 4.78 is 12.8. The van der Waals surface area contributed by atoms with E-state index in [0.29, 0.717) is 12.3 Å². The number of nitrogens with zero attached hydrogens (tertiary/aromatic N) is 1. The van der Waals surface area contributed by atoms with E-state index in [-0.39, 0.29) is 17.3 Å². The van der Waals surface area contributed by atoms with Gasteiger partial charge in [-0.25, -0.2) is 4.39 Å². The van der Waals surface area contributed by atoms with E-state index >= 15 is 0 Å². The van der Waals surface area contributed by atoms with Crippen molar-refractivity contribution in [3.05, 3.63) is 30.1 Å². The molecular formula is C16H23FN2OS. The lowest BCUT2D eigenvalue weighted by molar-refractivity contribution is -0.119. The second-order valence-electron chi connectivity index (χ2n) is 5.85. The van der Waals surface area contributed by atoms with Gasteiger partial charge in [0, 0.05) is 17.0 Å². The second-order valence-corrected chi connectivity index (χ2v) is 6.89. The van der Waals surface area contributed by atoms with Gasteiger partial charge < -0.3 is 10.2 Å². The monoisotopic (exact) mass is 310 g/mol. The second kappa shape index (κ2) is 7.27. The van der Waals surface area contributed by atoms with Crippen LogP contribution in [0.15, 0.2) is 29.2 Å². The molecule has 1 aliphatic rings. The molecule has 116 valence electrons. The minimum atomic E-state index is -0.252. The van der Waals surface area contributed by atoms with Crippen molar-refractivity contribution in [1.29, 1.82) is 0 Å². The van der Waals surface area contributed by atoms with Crippen LogP contribution in [0.5, 0.6) is 0 Å². The Bertz CT molecular complexity index is 470. The molecule has 2 rings (SSSR count). The molecule has 0 radical (unpaired) electrons. The van der Waals surface area contributed by atoms with E-state index < -0.39 is 0 Å². The Kier molecular flexibility index (Phi) is 5.65. The van der Waals surface area contributed by atoms with Gasteiger partial charge in [0.1, 0.15) is 5.82 Å². The first-order valence-electron chi connectivity index (χ1n) is 7.34. The summed E-state index contributed by atoms with van der Waals surface area (Å²) in [5.74, 6) is 0.158.